The van der Waals surface area contributed by atoms with Crippen molar-refractivity contribution in [3.8, 4) is 0 Å². The van der Waals surface area contributed by atoms with E-state index in [1.807, 2.05) is 22.8 Å². The van der Waals surface area contributed by atoms with Crippen LogP contribution >= 0.6 is 22.9 Å². The maximum absolute atomic E-state index is 11.9. The van der Waals surface area contributed by atoms with Gasteiger partial charge in [0.05, 0.1) is 4.92 Å². The molecule has 2 aromatic rings. The lowest BCUT2D eigenvalue weighted by molar-refractivity contribution is -0.385. The van der Waals surface area contributed by atoms with Gasteiger partial charge in [-0.1, -0.05) is 17.7 Å². The van der Waals surface area contributed by atoms with E-state index in [9.17, 15) is 24.5 Å². The van der Waals surface area contributed by atoms with E-state index >= 15 is 0 Å². The van der Waals surface area contributed by atoms with Crippen LogP contribution in [0.3, 0.4) is 0 Å². The molecule has 0 saturated carbocycles. The second kappa shape index (κ2) is 9.64. The molecule has 0 spiro atoms. The molecule has 2 N–H and O–H groups in total. The maximum atomic E-state index is 11.9. The van der Waals surface area contributed by atoms with Gasteiger partial charge < -0.3 is 10.1 Å². The third-order valence-corrected chi connectivity index (χ3v) is 4.37. The Balaban J connectivity index is 1.78. The number of carbonyl (C=O) groups is 3. The van der Waals surface area contributed by atoms with E-state index in [2.05, 4.69) is 5.32 Å². The first kappa shape index (κ1) is 20.3. The van der Waals surface area contributed by atoms with Gasteiger partial charge in [-0.3, -0.25) is 20.2 Å². The Hall–Kier alpha value is -2.98. The Labute approximate surface area is 162 Å². The highest BCUT2D eigenvalue weighted by Crippen LogP contribution is 2.23. The van der Waals surface area contributed by atoms with Crippen molar-refractivity contribution in [2.24, 2.45) is 0 Å². The number of rotatable bonds is 7. The minimum absolute atomic E-state index is 0.0789. The van der Waals surface area contributed by atoms with Gasteiger partial charge in [-0.05, 0) is 30.0 Å². The number of ether oxygens (including phenoxy) is 1. The van der Waals surface area contributed by atoms with E-state index in [-0.39, 0.29) is 10.6 Å². The van der Waals surface area contributed by atoms with Crippen molar-refractivity contribution in [2.75, 3.05) is 13.2 Å². The van der Waals surface area contributed by atoms with E-state index < -0.39 is 35.1 Å². The highest BCUT2D eigenvalue weighted by atomic mass is 35.5. The molecular formula is C16H14ClN3O6S. The highest BCUT2D eigenvalue weighted by molar-refractivity contribution is 7.09. The number of hydrogen-bond acceptors (Lipinski definition) is 7. The van der Waals surface area contributed by atoms with Crippen molar-refractivity contribution in [1.82, 2.24) is 10.6 Å². The largest absolute Gasteiger partial charge is 0.452 e. The van der Waals surface area contributed by atoms with Crippen LogP contribution in [-0.2, 0) is 16.0 Å². The van der Waals surface area contributed by atoms with Crippen LogP contribution in [-0.4, -0.2) is 36.0 Å². The lowest BCUT2D eigenvalue weighted by Gasteiger charge is -2.07. The van der Waals surface area contributed by atoms with Crippen LogP contribution in [0.4, 0.5) is 10.5 Å². The molecule has 0 unspecified atom stereocenters. The molecule has 142 valence electrons. The molecule has 2 rings (SSSR count). The summed E-state index contributed by atoms with van der Waals surface area (Å²) in [6.07, 6.45) is 0.620. The average molecular weight is 412 g/mol. The van der Waals surface area contributed by atoms with E-state index in [0.29, 0.717) is 13.0 Å². The normalized spacial score (nSPS) is 10.1. The number of nitrogens with zero attached hydrogens (tertiary/aromatic N) is 1. The van der Waals surface area contributed by atoms with Crippen LogP contribution in [0.1, 0.15) is 15.2 Å². The monoisotopic (exact) mass is 411 g/mol. The lowest BCUT2D eigenvalue weighted by Crippen LogP contribution is -2.42. The van der Waals surface area contributed by atoms with Crippen LogP contribution in [0, 0.1) is 10.1 Å². The van der Waals surface area contributed by atoms with Gasteiger partial charge in [0.15, 0.2) is 6.61 Å². The third-order valence-electron chi connectivity index (χ3n) is 3.20. The quantitative estimate of drug-likeness (QED) is 0.409. The van der Waals surface area contributed by atoms with Crippen molar-refractivity contribution in [2.45, 2.75) is 6.42 Å². The first-order valence-corrected chi connectivity index (χ1v) is 8.83. The zero-order valence-corrected chi connectivity index (χ0v) is 15.3. The SMILES string of the molecule is O=C(COC(=O)c1ccc(Cl)cc1[N+](=O)[O-])NC(=O)NCCc1cccs1. The average Bonchev–Trinajstić information content (AvgIpc) is 3.13. The number of benzene rings is 1. The first-order valence-electron chi connectivity index (χ1n) is 7.58. The number of hydrogen-bond donors (Lipinski definition) is 2. The van der Waals surface area contributed by atoms with Crippen molar-refractivity contribution < 1.29 is 24.0 Å². The molecule has 0 radical (unpaired) electrons. The fourth-order valence-corrected chi connectivity index (χ4v) is 2.87. The van der Waals surface area contributed by atoms with Gasteiger partial charge in [0.1, 0.15) is 5.56 Å². The fraction of sp³-hybridized carbons (Fsp3) is 0.188. The highest BCUT2D eigenvalue weighted by Gasteiger charge is 2.22. The van der Waals surface area contributed by atoms with E-state index in [1.54, 1.807) is 11.3 Å². The number of esters is 1. The zero-order chi connectivity index (χ0) is 19.8. The summed E-state index contributed by atoms with van der Waals surface area (Å²) < 4.78 is 4.71. The van der Waals surface area contributed by atoms with Crippen LogP contribution in [0.15, 0.2) is 35.7 Å². The van der Waals surface area contributed by atoms with Gasteiger partial charge in [0.25, 0.3) is 11.6 Å². The van der Waals surface area contributed by atoms with E-state index in [4.69, 9.17) is 16.3 Å². The molecule has 3 amide bonds. The zero-order valence-electron chi connectivity index (χ0n) is 13.8. The van der Waals surface area contributed by atoms with Crippen molar-refractivity contribution >= 4 is 46.5 Å². The molecule has 0 saturated heterocycles. The molecule has 27 heavy (non-hydrogen) atoms. The number of imide groups is 1. The number of thiophene rings is 1. The van der Waals surface area contributed by atoms with Crippen LogP contribution in [0.25, 0.3) is 0 Å². The summed E-state index contributed by atoms with van der Waals surface area (Å²) in [7, 11) is 0. The first-order chi connectivity index (χ1) is 12.9. The van der Waals surface area contributed by atoms with E-state index in [1.165, 1.54) is 6.07 Å². The van der Waals surface area contributed by atoms with Gasteiger partial charge in [-0.2, -0.15) is 0 Å². The third kappa shape index (κ3) is 6.35. The van der Waals surface area contributed by atoms with Gasteiger partial charge in [-0.15, -0.1) is 11.3 Å². The summed E-state index contributed by atoms with van der Waals surface area (Å²) in [5.41, 5.74) is -0.892. The lowest BCUT2D eigenvalue weighted by atomic mass is 10.2. The molecule has 11 heteroatoms. The standard InChI is InChI=1S/C16H14ClN3O6S/c17-10-3-4-12(13(8-10)20(24)25)15(22)26-9-14(21)19-16(23)18-6-5-11-2-1-7-27-11/h1-4,7-8H,5-6,9H2,(H2,18,19,21,23). The summed E-state index contributed by atoms with van der Waals surface area (Å²) in [4.78, 5) is 46.4. The molecule has 0 fully saturated rings. The Morgan fingerprint density at radius 1 is 1.26 bits per heavy atom. The van der Waals surface area contributed by atoms with Crippen LogP contribution in [0.2, 0.25) is 5.02 Å². The predicted molar refractivity (Wildman–Crippen MR) is 98.0 cm³/mol. The van der Waals surface area contributed by atoms with Gasteiger partial charge >= 0.3 is 12.0 Å². The predicted octanol–water partition coefficient (Wildman–Crippen LogP) is 2.54. The number of nitro benzene ring substituents is 1. The number of nitrogens with one attached hydrogen (secondary N) is 2. The minimum Gasteiger partial charge on any atom is -0.452 e. The van der Waals surface area contributed by atoms with Crippen molar-refractivity contribution in [3.05, 3.63) is 61.3 Å². The van der Waals surface area contributed by atoms with E-state index in [0.717, 1.165) is 17.0 Å². The van der Waals surface area contributed by atoms with Gasteiger partial charge in [-0.25, -0.2) is 9.59 Å². The smallest absolute Gasteiger partial charge is 0.345 e. The molecule has 9 nitrogen and oxygen atoms in total. The molecular weight excluding hydrogens is 398 g/mol. The minimum atomic E-state index is -1.08. The van der Waals surface area contributed by atoms with Gasteiger partial charge in [0.2, 0.25) is 0 Å². The molecule has 1 aromatic carbocycles. The number of nitro groups is 1. The summed E-state index contributed by atoms with van der Waals surface area (Å²) in [6, 6.07) is 6.49. The Morgan fingerprint density at radius 2 is 2.04 bits per heavy atom. The maximum Gasteiger partial charge on any atom is 0.345 e. The Morgan fingerprint density at radius 3 is 2.70 bits per heavy atom. The molecule has 0 atom stereocenters. The number of carbonyl (C=O) groups excluding carboxylic acids is 3. The summed E-state index contributed by atoms with van der Waals surface area (Å²) >= 11 is 7.21. The summed E-state index contributed by atoms with van der Waals surface area (Å²) in [6.45, 7) is -0.437. The molecule has 0 aliphatic carbocycles. The Kier molecular flexibility index (Phi) is 7.26. The number of amides is 3. The molecule has 1 heterocycles. The summed E-state index contributed by atoms with van der Waals surface area (Å²) in [5, 5.41) is 17.4. The molecule has 0 aliphatic heterocycles. The molecule has 0 bridgehead atoms. The van der Waals surface area contributed by atoms with Crippen LogP contribution in [0.5, 0.6) is 0 Å². The second-order valence-electron chi connectivity index (χ2n) is 5.13. The summed E-state index contributed by atoms with van der Waals surface area (Å²) in [5.74, 6) is -1.94. The molecule has 0 aliphatic rings. The fourth-order valence-electron chi connectivity index (χ4n) is 2.00. The topological polar surface area (TPSA) is 128 Å². The van der Waals surface area contributed by atoms with Gasteiger partial charge in [0, 0.05) is 22.5 Å². The van der Waals surface area contributed by atoms with Crippen molar-refractivity contribution in [3.63, 3.8) is 0 Å². The molecule has 1 aromatic heterocycles. The van der Waals surface area contributed by atoms with Crippen molar-refractivity contribution in [1.29, 1.82) is 0 Å². The van der Waals surface area contributed by atoms with Crippen LogP contribution < -0.4 is 10.6 Å². The Bertz CT molecular complexity index is 856. The number of halogens is 1. The number of urea groups is 1. The second-order valence-corrected chi connectivity index (χ2v) is 6.60.